The number of likely N-dealkylation sites (N-methyl/N-ethyl adjacent to an activating group) is 1. The second kappa shape index (κ2) is 10.0. The van der Waals surface area contributed by atoms with Crippen LogP contribution in [-0.2, 0) is 4.74 Å². The van der Waals surface area contributed by atoms with Crippen LogP contribution >= 0.6 is 0 Å². The third kappa shape index (κ3) is 4.78. The lowest BCUT2D eigenvalue weighted by Crippen LogP contribution is -2.48. The molecule has 2 aliphatic heterocycles. The highest BCUT2D eigenvalue weighted by Gasteiger charge is 2.34. The Bertz CT molecular complexity index is 1530. The summed E-state index contributed by atoms with van der Waals surface area (Å²) in [5.41, 5.74) is 5.48. The zero-order valence-electron chi connectivity index (χ0n) is 22.2. The Morgan fingerprint density at radius 2 is 1.79 bits per heavy atom. The first-order chi connectivity index (χ1) is 18.9. The van der Waals surface area contributed by atoms with Crippen molar-refractivity contribution in [2.24, 2.45) is 0 Å². The minimum Gasteiger partial charge on any atom is -0.453 e. The highest BCUT2D eigenvalue weighted by molar-refractivity contribution is 6.09. The zero-order chi connectivity index (χ0) is 27.1. The fraction of sp³-hybridized carbons (Fsp3) is 0.370. The summed E-state index contributed by atoms with van der Waals surface area (Å²) in [4.78, 5) is 32.9. The first-order valence-corrected chi connectivity index (χ1v) is 13.0. The number of hydrogen-bond acceptors (Lipinski definition) is 8. The van der Waals surface area contributed by atoms with Crippen LogP contribution in [0.2, 0.25) is 0 Å². The van der Waals surface area contributed by atoms with Gasteiger partial charge in [0.05, 0.1) is 42.0 Å². The van der Waals surface area contributed by atoms with Crippen molar-refractivity contribution in [2.45, 2.75) is 12.8 Å². The van der Waals surface area contributed by atoms with Crippen molar-refractivity contribution in [3.63, 3.8) is 0 Å². The van der Waals surface area contributed by atoms with Gasteiger partial charge in [0.15, 0.2) is 0 Å². The van der Waals surface area contributed by atoms with Gasteiger partial charge in [0.2, 0.25) is 0 Å². The van der Waals surface area contributed by atoms with Gasteiger partial charge in [0.25, 0.3) is 5.91 Å². The summed E-state index contributed by atoms with van der Waals surface area (Å²) in [7, 11) is 3.51. The zero-order valence-corrected chi connectivity index (χ0v) is 22.2. The van der Waals surface area contributed by atoms with Crippen LogP contribution in [0.25, 0.3) is 11.2 Å². The van der Waals surface area contributed by atoms with Gasteiger partial charge in [-0.25, -0.2) is 9.31 Å². The van der Waals surface area contributed by atoms with E-state index in [-0.39, 0.29) is 17.9 Å². The summed E-state index contributed by atoms with van der Waals surface area (Å²) < 4.78 is 6.49. The number of nitrogens with one attached hydrogen (secondary N) is 1. The summed E-state index contributed by atoms with van der Waals surface area (Å²) in [6.45, 7) is 6.95. The summed E-state index contributed by atoms with van der Waals surface area (Å²) in [6.07, 6.45) is 4.89. The molecule has 202 valence electrons. The Morgan fingerprint density at radius 1 is 1.00 bits per heavy atom. The molecule has 6 rings (SSSR count). The Balaban J connectivity index is 1.19. The number of ether oxygens (including phenoxy) is 1. The van der Waals surface area contributed by atoms with Crippen molar-refractivity contribution in [2.75, 3.05) is 63.6 Å². The van der Waals surface area contributed by atoms with Crippen LogP contribution in [0, 0.1) is 6.92 Å². The molecule has 2 amide bonds. The maximum absolute atomic E-state index is 13.4. The maximum atomic E-state index is 13.4. The summed E-state index contributed by atoms with van der Waals surface area (Å²) in [5.74, 6) is -0.110. The monoisotopic (exact) mass is 529 g/mol. The molecule has 0 bridgehead atoms. The number of nitrogens with zero attached hydrogens (tertiary/aromatic N) is 8. The number of amides is 2. The van der Waals surface area contributed by atoms with E-state index in [0.717, 1.165) is 54.3 Å². The number of likely N-dealkylation sites (tertiary alicyclic amines) is 1. The van der Waals surface area contributed by atoms with Gasteiger partial charge < -0.3 is 24.8 Å². The quantitative estimate of drug-likeness (QED) is 0.419. The van der Waals surface area contributed by atoms with Crippen molar-refractivity contribution < 1.29 is 14.3 Å². The normalized spacial score (nSPS) is 16.4. The predicted octanol–water partition coefficient (Wildman–Crippen LogP) is 2.39. The topological polar surface area (TPSA) is 113 Å². The summed E-state index contributed by atoms with van der Waals surface area (Å²) in [5, 5.41) is 16.5. The standard InChI is InChI=1S/C27H31N9O3/c1-18-4-5-21(36-29-15-24(31-36)19-16-34(17-19)27(38)39-3)12-23(18)30-26(37)22-14-28-35-7-6-20(13-25(22)35)33-10-8-32(2)9-11-33/h4-7,12-15,19H,8-11,16-17H2,1-3H3,(H,30,37). The van der Waals surface area contributed by atoms with Gasteiger partial charge in [-0.15, -0.1) is 0 Å². The van der Waals surface area contributed by atoms with E-state index in [9.17, 15) is 9.59 Å². The first-order valence-electron chi connectivity index (χ1n) is 13.0. The molecule has 39 heavy (non-hydrogen) atoms. The second-order valence-corrected chi connectivity index (χ2v) is 10.1. The van der Waals surface area contributed by atoms with E-state index in [4.69, 9.17) is 4.74 Å². The van der Waals surface area contributed by atoms with E-state index in [0.29, 0.717) is 24.3 Å². The lowest BCUT2D eigenvalue weighted by atomic mass is 9.98. The molecule has 5 heterocycles. The largest absolute Gasteiger partial charge is 0.453 e. The van der Waals surface area contributed by atoms with Gasteiger partial charge in [-0.3, -0.25) is 4.79 Å². The fourth-order valence-corrected chi connectivity index (χ4v) is 4.99. The molecular formula is C27H31N9O3. The van der Waals surface area contributed by atoms with Crippen LogP contribution in [0.4, 0.5) is 16.2 Å². The number of carbonyl (C=O) groups is 2. The number of methoxy groups -OCH3 is 1. The number of hydrogen-bond donors (Lipinski definition) is 1. The molecule has 0 spiro atoms. The van der Waals surface area contributed by atoms with Crippen LogP contribution in [0.1, 0.15) is 27.5 Å². The van der Waals surface area contributed by atoms with Crippen LogP contribution in [0.3, 0.4) is 0 Å². The van der Waals surface area contributed by atoms with E-state index in [1.54, 1.807) is 26.6 Å². The molecule has 0 atom stereocenters. The van der Waals surface area contributed by atoms with Crippen molar-refractivity contribution in [3.8, 4) is 5.69 Å². The van der Waals surface area contributed by atoms with Crippen molar-refractivity contribution >= 4 is 28.9 Å². The Morgan fingerprint density at radius 3 is 2.56 bits per heavy atom. The van der Waals surface area contributed by atoms with Gasteiger partial charge in [-0.2, -0.15) is 20.1 Å². The molecule has 4 aromatic rings. The van der Waals surface area contributed by atoms with E-state index >= 15 is 0 Å². The Labute approximate surface area is 225 Å². The lowest BCUT2D eigenvalue weighted by Gasteiger charge is -2.36. The molecule has 2 fully saturated rings. The van der Waals surface area contributed by atoms with Gasteiger partial charge >= 0.3 is 6.09 Å². The first kappa shape index (κ1) is 24.9. The number of aryl methyl sites for hydroxylation is 1. The van der Waals surface area contributed by atoms with Gasteiger partial charge in [-0.1, -0.05) is 6.07 Å². The summed E-state index contributed by atoms with van der Waals surface area (Å²) in [6, 6.07) is 9.78. The second-order valence-electron chi connectivity index (χ2n) is 10.1. The van der Waals surface area contributed by atoms with E-state index in [1.807, 2.05) is 43.5 Å². The van der Waals surface area contributed by atoms with E-state index in [2.05, 4.69) is 37.5 Å². The average molecular weight is 530 g/mol. The third-order valence-corrected chi connectivity index (χ3v) is 7.56. The molecule has 0 aliphatic carbocycles. The maximum Gasteiger partial charge on any atom is 0.409 e. The minimum absolute atomic E-state index is 0.119. The molecule has 0 unspecified atom stereocenters. The van der Waals surface area contributed by atoms with Crippen LogP contribution in [0.5, 0.6) is 0 Å². The van der Waals surface area contributed by atoms with Crippen molar-refractivity contribution in [1.29, 1.82) is 0 Å². The number of aromatic nitrogens is 5. The molecule has 2 aliphatic rings. The SMILES string of the molecule is COC(=O)N1CC(c2cnn(-c3ccc(C)c(NC(=O)c4cnn5ccc(N6CCN(C)CC6)cc45)c3)n2)C1. The summed E-state index contributed by atoms with van der Waals surface area (Å²) >= 11 is 0. The average Bonchev–Trinajstić information content (AvgIpc) is 3.57. The number of benzene rings is 1. The fourth-order valence-electron chi connectivity index (χ4n) is 4.99. The van der Waals surface area contributed by atoms with Crippen molar-refractivity contribution in [1.82, 2.24) is 34.4 Å². The van der Waals surface area contributed by atoms with Crippen LogP contribution in [-0.4, -0.2) is 99.8 Å². The predicted molar refractivity (Wildman–Crippen MR) is 146 cm³/mol. The van der Waals surface area contributed by atoms with Gasteiger partial charge in [0, 0.05) is 62.8 Å². The molecule has 3 aromatic heterocycles. The van der Waals surface area contributed by atoms with Gasteiger partial charge in [-0.05, 0) is 43.8 Å². The number of piperazine rings is 1. The number of rotatable bonds is 5. The molecule has 1 N–H and O–H groups in total. The minimum atomic E-state index is -0.334. The Hall–Kier alpha value is -4.45. The highest BCUT2D eigenvalue weighted by Crippen LogP contribution is 2.27. The van der Waals surface area contributed by atoms with E-state index in [1.165, 1.54) is 7.11 Å². The molecular weight excluding hydrogens is 498 g/mol. The van der Waals surface area contributed by atoms with Crippen LogP contribution < -0.4 is 10.2 Å². The third-order valence-electron chi connectivity index (χ3n) is 7.56. The molecule has 12 heteroatoms. The molecule has 1 aromatic carbocycles. The molecule has 12 nitrogen and oxygen atoms in total. The van der Waals surface area contributed by atoms with Crippen molar-refractivity contribution in [3.05, 3.63) is 65.7 Å². The van der Waals surface area contributed by atoms with Gasteiger partial charge in [0.1, 0.15) is 0 Å². The highest BCUT2D eigenvalue weighted by atomic mass is 16.5. The number of anilines is 2. The molecule has 2 saturated heterocycles. The molecule has 0 radical (unpaired) electrons. The smallest absolute Gasteiger partial charge is 0.409 e. The van der Waals surface area contributed by atoms with Crippen LogP contribution in [0.15, 0.2) is 48.9 Å². The number of carbonyl (C=O) groups excluding carboxylic acids is 2. The Kier molecular flexibility index (Phi) is 6.39. The van der Waals surface area contributed by atoms with E-state index < -0.39 is 0 Å². The lowest BCUT2D eigenvalue weighted by molar-refractivity contribution is 0.0871. The molecule has 0 saturated carbocycles. The number of pyridine rings is 1. The number of fused-ring (bicyclic) bond motifs is 1.